The third-order valence-electron chi connectivity index (χ3n) is 9.48. The quantitative estimate of drug-likeness (QED) is 0.322. The number of nitrogens with zero attached hydrogens (tertiary/aromatic N) is 3. The average Bonchev–Trinajstić information content (AvgIpc) is 3.25. The van der Waals surface area contributed by atoms with Crippen molar-refractivity contribution >= 4 is 22.8 Å². The number of halogens is 4. The highest BCUT2D eigenvalue weighted by atomic mass is 32.2. The molecular weight excluding hydrogens is 542 g/mol. The highest BCUT2D eigenvalue weighted by Crippen LogP contribution is 2.57. The van der Waals surface area contributed by atoms with E-state index in [2.05, 4.69) is 22.5 Å². The number of rotatable bonds is 10. The van der Waals surface area contributed by atoms with Crippen LogP contribution in [0.25, 0.3) is 0 Å². The Kier molecular flexibility index (Phi) is 9.22. The van der Waals surface area contributed by atoms with Crippen molar-refractivity contribution in [1.82, 2.24) is 20.4 Å². The highest BCUT2D eigenvalue weighted by molar-refractivity contribution is 8.15. The number of aliphatic imine (C=N–C) groups is 1. The fourth-order valence-electron chi connectivity index (χ4n) is 7.36. The molecule has 0 bridgehead atoms. The van der Waals surface area contributed by atoms with Gasteiger partial charge in [0, 0.05) is 36.0 Å². The first kappa shape index (κ1) is 29.9. The van der Waals surface area contributed by atoms with E-state index in [9.17, 15) is 22.4 Å². The Hall–Kier alpha value is -1.59. The summed E-state index contributed by atoms with van der Waals surface area (Å²) in [5.74, 6) is -2.08. The number of allylic oxidation sites excluding steroid dienone is 4. The summed E-state index contributed by atoms with van der Waals surface area (Å²) in [4.78, 5) is 23.0. The Morgan fingerprint density at radius 2 is 1.95 bits per heavy atom. The first-order valence-electron chi connectivity index (χ1n) is 14.9. The standard InChI is InChI=1S/C29H43F4N5OS/c1-28(18-35-25(40-28)17-34-2)21-9-11-24(26(21)19-6-7-19)38(15-5-14-37-12-3-4-13-37)27(39)36-20-8-10-23(30)22(16-20)29(31,32)33/h8,10,19,21-22,24,26,34H,3-7,9,11-18H2,1-2H3,(H,36,39)/t21?,22?,24-,26?,28-/m1/s1. The van der Waals surface area contributed by atoms with E-state index >= 15 is 0 Å². The summed E-state index contributed by atoms with van der Waals surface area (Å²) in [6, 6.07) is -0.311. The van der Waals surface area contributed by atoms with Gasteiger partial charge in [0.2, 0.25) is 0 Å². The maximum Gasteiger partial charge on any atom is 0.398 e. The number of nitrogens with one attached hydrogen (secondary N) is 2. The molecule has 11 heteroatoms. The molecule has 2 aliphatic heterocycles. The number of amides is 2. The molecule has 0 radical (unpaired) electrons. The van der Waals surface area contributed by atoms with E-state index in [0.29, 0.717) is 24.3 Å². The molecular formula is C29H43F4N5OS. The summed E-state index contributed by atoms with van der Waals surface area (Å²) in [7, 11) is 1.93. The van der Waals surface area contributed by atoms with Gasteiger partial charge in [0.05, 0.1) is 11.6 Å². The summed E-state index contributed by atoms with van der Waals surface area (Å²) in [6.07, 6.45) is 4.29. The van der Waals surface area contributed by atoms with E-state index in [0.717, 1.165) is 75.9 Å². The Morgan fingerprint density at radius 3 is 2.62 bits per heavy atom. The second-order valence-corrected chi connectivity index (χ2v) is 14.0. The van der Waals surface area contributed by atoms with Crippen molar-refractivity contribution in [3.8, 4) is 0 Å². The molecule has 40 heavy (non-hydrogen) atoms. The lowest BCUT2D eigenvalue weighted by Gasteiger charge is -2.40. The molecule has 2 amide bonds. The molecule has 3 fully saturated rings. The minimum atomic E-state index is -4.70. The van der Waals surface area contributed by atoms with Gasteiger partial charge in [-0.15, -0.1) is 11.8 Å². The van der Waals surface area contributed by atoms with Crippen molar-refractivity contribution in [2.24, 2.45) is 28.7 Å². The molecule has 0 spiro atoms. The molecule has 0 aromatic rings. The minimum absolute atomic E-state index is 0.0139. The number of likely N-dealkylation sites (tertiary alicyclic amines) is 1. The van der Waals surface area contributed by atoms with Crippen LogP contribution in [0.3, 0.4) is 0 Å². The van der Waals surface area contributed by atoms with Gasteiger partial charge in [-0.3, -0.25) is 4.99 Å². The van der Waals surface area contributed by atoms with Gasteiger partial charge in [0.25, 0.3) is 0 Å². The first-order chi connectivity index (χ1) is 19.1. The van der Waals surface area contributed by atoms with Crippen LogP contribution < -0.4 is 10.6 Å². The molecule has 5 rings (SSSR count). The maximum atomic E-state index is 14.0. The highest BCUT2D eigenvalue weighted by Gasteiger charge is 2.55. The largest absolute Gasteiger partial charge is 0.398 e. The van der Waals surface area contributed by atoms with Crippen LogP contribution in [0.2, 0.25) is 0 Å². The van der Waals surface area contributed by atoms with Crippen molar-refractivity contribution in [2.75, 3.05) is 46.3 Å². The van der Waals surface area contributed by atoms with E-state index in [1.165, 1.54) is 18.9 Å². The summed E-state index contributed by atoms with van der Waals surface area (Å²) < 4.78 is 54.2. The van der Waals surface area contributed by atoms with E-state index < -0.39 is 24.3 Å². The van der Waals surface area contributed by atoms with Gasteiger partial charge in [-0.25, -0.2) is 9.18 Å². The van der Waals surface area contributed by atoms with Gasteiger partial charge in [-0.05, 0) is 108 Å². The van der Waals surface area contributed by atoms with Gasteiger partial charge in [-0.1, -0.05) is 0 Å². The molecule has 1 saturated heterocycles. The number of thioether (sulfide) groups is 1. The zero-order chi connectivity index (χ0) is 28.5. The first-order valence-corrected chi connectivity index (χ1v) is 15.7. The van der Waals surface area contributed by atoms with Crippen LogP contribution >= 0.6 is 11.8 Å². The Morgan fingerprint density at radius 1 is 1.20 bits per heavy atom. The van der Waals surface area contributed by atoms with Crippen LogP contribution in [0.1, 0.15) is 58.3 Å². The summed E-state index contributed by atoms with van der Waals surface area (Å²) >= 11 is 1.88. The third kappa shape index (κ3) is 6.72. The molecule has 0 aromatic heterocycles. The number of alkyl halides is 3. The minimum Gasteiger partial charge on any atom is -0.321 e. The molecule has 3 aliphatic carbocycles. The Balaban J connectivity index is 1.32. The number of urea groups is 1. The normalized spacial score (nSPS) is 33.1. The fourth-order valence-corrected chi connectivity index (χ4v) is 8.80. The average molecular weight is 586 g/mol. The van der Waals surface area contributed by atoms with Crippen molar-refractivity contribution in [2.45, 2.75) is 75.3 Å². The zero-order valence-electron chi connectivity index (χ0n) is 23.6. The molecule has 0 aromatic carbocycles. The van der Waals surface area contributed by atoms with Gasteiger partial charge in [0.1, 0.15) is 11.7 Å². The molecule has 2 N–H and O–H groups in total. The second-order valence-electron chi connectivity index (χ2n) is 12.4. The molecule has 5 atom stereocenters. The van der Waals surface area contributed by atoms with E-state index in [4.69, 9.17) is 4.99 Å². The van der Waals surface area contributed by atoms with E-state index in [1.807, 2.05) is 23.7 Å². The Bertz CT molecular complexity index is 1020. The van der Waals surface area contributed by atoms with Gasteiger partial charge >= 0.3 is 12.2 Å². The van der Waals surface area contributed by atoms with Crippen molar-refractivity contribution in [3.63, 3.8) is 0 Å². The van der Waals surface area contributed by atoms with Crippen molar-refractivity contribution < 1.29 is 22.4 Å². The SMILES string of the molecule is CNCC1=NC[C@](C)(C2CC[C@@H](N(CCCN3CCCC3)C(=O)NC3=CC=C(F)C(C(F)(F)F)C3)C2C2CC2)S1. The predicted octanol–water partition coefficient (Wildman–Crippen LogP) is 5.73. The monoisotopic (exact) mass is 585 g/mol. The van der Waals surface area contributed by atoms with Crippen LogP contribution in [-0.2, 0) is 0 Å². The zero-order valence-corrected chi connectivity index (χ0v) is 24.4. The number of carbonyl (C=O) groups excluding carboxylic acids is 1. The summed E-state index contributed by atoms with van der Waals surface area (Å²) in [5, 5.41) is 7.12. The topological polar surface area (TPSA) is 60.0 Å². The molecule has 2 heterocycles. The molecule has 6 nitrogen and oxygen atoms in total. The summed E-state index contributed by atoms with van der Waals surface area (Å²) in [6.45, 7) is 7.49. The second kappa shape index (κ2) is 12.3. The lowest BCUT2D eigenvalue weighted by molar-refractivity contribution is -0.168. The third-order valence-corrected chi connectivity index (χ3v) is 10.9. The van der Waals surface area contributed by atoms with Crippen LogP contribution in [-0.4, -0.2) is 84.2 Å². The van der Waals surface area contributed by atoms with Crippen LogP contribution in [0.4, 0.5) is 22.4 Å². The number of carbonyl (C=O) groups is 1. The van der Waals surface area contributed by atoms with Gasteiger partial charge in [-0.2, -0.15) is 13.2 Å². The number of hydrogen-bond acceptors (Lipinski definition) is 5. The van der Waals surface area contributed by atoms with E-state index in [-0.39, 0.29) is 22.5 Å². The fraction of sp³-hybridized carbons (Fsp3) is 0.793. The predicted molar refractivity (Wildman–Crippen MR) is 152 cm³/mol. The Labute approximate surface area is 239 Å². The number of hydrogen-bond donors (Lipinski definition) is 2. The maximum absolute atomic E-state index is 14.0. The lowest BCUT2D eigenvalue weighted by atomic mass is 9.79. The van der Waals surface area contributed by atoms with Crippen molar-refractivity contribution in [1.29, 1.82) is 0 Å². The smallest absolute Gasteiger partial charge is 0.321 e. The summed E-state index contributed by atoms with van der Waals surface area (Å²) in [5.41, 5.74) is 0.124. The lowest BCUT2D eigenvalue weighted by Crippen LogP contribution is -2.51. The van der Waals surface area contributed by atoms with Crippen LogP contribution in [0, 0.1) is 23.7 Å². The van der Waals surface area contributed by atoms with Gasteiger partial charge < -0.3 is 20.4 Å². The molecule has 224 valence electrons. The van der Waals surface area contributed by atoms with Gasteiger partial charge in [0.15, 0.2) is 0 Å². The molecule has 3 unspecified atom stereocenters. The van der Waals surface area contributed by atoms with E-state index in [1.54, 1.807) is 0 Å². The van der Waals surface area contributed by atoms with Crippen molar-refractivity contribution in [3.05, 3.63) is 23.7 Å². The van der Waals surface area contributed by atoms with Crippen LogP contribution in [0.5, 0.6) is 0 Å². The van der Waals surface area contributed by atoms with Crippen LogP contribution in [0.15, 0.2) is 28.7 Å². The molecule has 5 aliphatic rings. The molecule has 2 saturated carbocycles.